The highest BCUT2D eigenvalue weighted by Gasteiger charge is 2.11. The molecule has 2 unspecified atom stereocenters. The minimum atomic E-state index is -0.412. The zero-order valence-corrected chi connectivity index (χ0v) is 6.71. The van der Waals surface area contributed by atoms with E-state index in [9.17, 15) is 5.11 Å². The molecule has 0 heterocycles. The highest BCUT2D eigenvalue weighted by molar-refractivity contribution is 4.63. The summed E-state index contributed by atoms with van der Waals surface area (Å²) in [5.41, 5.74) is 5.25. The largest absolute Gasteiger partial charge is 0.390 e. The molecule has 0 aromatic rings. The van der Waals surface area contributed by atoms with Crippen LogP contribution in [-0.2, 0) is 4.74 Å². The number of nitrogens with two attached hydrogens (primary N) is 1. The van der Waals surface area contributed by atoms with Gasteiger partial charge in [0.15, 0.2) is 0 Å². The fourth-order valence-corrected chi connectivity index (χ4v) is 0.779. The molecule has 0 spiro atoms. The van der Waals surface area contributed by atoms with Crippen molar-refractivity contribution in [2.24, 2.45) is 5.73 Å². The predicted molar refractivity (Wildman–Crippen MR) is 40.8 cm³/mol. The molecule has 0 radical (unpaired) electrons. The Hall–Kier alpha value is -0.120. The molecule has 0 aliphatic carbocycles. The molecule has 0 saturated heterocycles. The molecule has 0 aromatic carbocycles. The molecule has 0 saturated carbocycles. The normalized spacial score (nSPS) is 16.8. The Morgan fingerprint density at radius 3 is 2.60 bits per heavy atom. The molecule has 0 amide bonds. The molecule has 0 bridgehead atoms. The summed E-state index contributed by atoms with van der Waals surface area (Å²) < 4.78 is 5.15. The van der Waals surface area contributed by atoms with E-state index in [1.165, 1.54) is 0 Å². The van der Waals surface area contributed by atoms with Crippen LogP contribution in [0, 0.1) is 0 Å². The Bertz CT molecular complexity index is 68.0. The lowest BCUT2D eigenvalue weighted by atomic mass is 10.1. The van der Waals surface area contributed by atoms with E-state index in [-0.39, 0.29) is 6.10 Å². The van der Waals surface area contributed by atoms with Crippen molar-refractivity contribution >= 4 is 0 Å². The maximum absolute atomic E-state index is 9.24. The van der Waals surface area contributed by atoms with Crippen LogP contribution in [0.1, 0.15) is 20.3 Å². The number of aliphatic hydroxyl groups is 1. The average molecular weight is 147 g/mol. The molecular formula is C7H17NO2. The van der Waals surface area contributed by atoms with E-state index < -0.39 is 6.10 Å². The van der Waals surface area contributed by atoms with E-state index in [4.69, 9.17) is 10.5 Å². The smallest absolute Gasteiger partial charge is 0.0811 e. The van der Waals surface area contributed by atoms with Gasteiger partial charge in [-0.2, -0.15) is 0 Å². The quantitative estimate of drug-likeness (QED) is 0.580. The third-order valence-electron chi connectivity index (χ3n) is 1.43. The maximum atomic E-state index is 9.24. The van der Waals surface area contributed by atoms with Gasteiger partial charge in [0.25, 0.3) is 0 Å². The van der Waals surface area contributed by atoms with Crippen molar-refractivity contribution in [2.45, 2.75) is 32.5 Å². The van der Waals surface area contributed by atoms with Gasteiger partial charge in [-0.25, -0.2) is 0 Å². The molecule has 62 valence electrons. The summed E-state index contributed by atoms with van der Waals surface area (Å²) in [5, 5.41) is 9.24. The van der Waals surface area contributed by atoms with Crippen molar-refractivity contribution in [1.29, 1.82) is 0 Å². The van der Waals surface area contributed by atoms with E-state index in [0.29, 0.717) is 19.6 Å². The van der Waals surface area contributed by atoms with Gasteiger partial charge in [0.2, 0.25) is 0 Å². The third-order valence-corrected chi connectivity index (χ3v) is 1.43. The number of aliphatic hydroxyl groups excluding tert-OH is 1. The van der Waals surface area contributed by atoms with Gasteiger partial charge in [-0.15, -0.1) is 0 Å². The van der Waals surface area contributed by atoms with Crippen LogP contribution in [0.5, 0.6) is 0 Å². The second kappa shape index (κ2) is 5.65. The lowest BCUT2D eigenvalue weighted by molar-refractivity contribution is -0.0235. The molecule has 0 aromatic heterocycles. The van der Waals surface area contributed by atoms with Gasteiger partial charge in [0, 0.05) is 6.61 Å². The standard InChI is InChI=1S/C7H17NO2/c1-3-10-6(2)7(9)4-5-8/h6-7,9H,3-5,8H2,1-2H3. The molecule has 3 N–H and O–H groups in total. The second-order valence-electron chi connectivity index (χ2n) is 2.31. The molecule has 3 nitrogen and oxygen atoms in total. The predicted octanol–water partition coefficient (Wildman–Crippen LogP) is 0.121. The first-order valence-electron chi connectivity index (χ1n) is 3.72. The molecule has 2 atom stereocenters. The minimum Gasteiger partial charge on any atom is -0.390 e. The maximum Gasteiger partial charge on any atom is 0.0811 e. The fraction of sp³-hybridized carbons (Fsp3) is 1.00. The zero-order valence-electron chi connectivity index (χ0n) is 6.71. The molecule has 10 heavy (non-hydrogen) atoms. The van der Waals surface area contributed by atoms with Crippen molar-refractivity contribution < 1.29 is 9.84 Å². The van der Waals surface area contributed by atoms with E-state index >= 15 is 0 Å². The summed E-state index contributed by atoms with van der Waals surface area (Å²) in [4.78, 5) is 0. The number of ether oxygens (including phenoxy) is 1. The molecule has 0 fully saturated rings. The van der Waals surface area contributed by atoms with Gasteiger partial charge < -0.3 is 15.6 Å². The monoisotopic (exact) mass is 147 g/mol. The number of hydrogen-bond acceptors (Lipinski definition) is 3. The van der Waals surface area contributed by atoms with Crippen molar-refractivity contribution in [3.63, 3.8) is 0 Å². The minimum absolute atomic E-state index is 0.0893. The van der Waals surface area contributed by atoms with E-state index in [0.717, 1.165) is 0 Å². The SMILES string of the molecule is CCOC(C)C(O)CCN. The van der Waals surface area contributed by atoms with Gasteiger partial charge in [-0.1, -0.05) is 0 Å². The van der Waals surface area contributed by atoms with Gasteiger partial charge >= 0.3 is 0 Å². The lowest BCUT2D eigenvalue weighted by Crippen LogP contribution is -2.28. The Balaban J connectivity index is 3.38. The summed E-state index contributed by atoms with van der Waals surface area (Å²) in [5.74, 6) is 0. The highest BCUT2D eigenvalue weighted by Crippen LogP contribution is 2.01. The topological polar surface area (TPSA) is 55.5 Å². The zero-order chi connectivity index (χ0) is 7.98. The van der Waals surface area contributed by atoms with Crippen LogP contribution in [0.2, 0.25) is 0 Å². The van der Waals surface area contributed by atoms with E-state index in [1.807, 2.05) is 13.8 Å². The Labute approximate surface area is 62.2 Å². The lowest BCUT2D eigenvalue weighted by Gasteiger charge is -2.17. The summed E-state index contributed by atoms with van der Waals surface area (Å²) in [6, 6.07) is 0. The van der Waals surface area contributed by atoms with Crippen LogP contribution >= 0.6 is 0 Å². The van der Waals surface area contributed by atoms with Crippen LogP contribution in [0.4, 0.5) is 0 Å². The van der Waals surface area contributed by atoms with Gasteiger partial charge in [-0.05, 0) is 26.8 Å². The van der Waals surface area contributed by atoms with Crippen LogP contribution in [0.15, 0.2) is 0 Å². The van der Waals surface area contributed by atoms with Crippen molar-refractivity contribution in [2.75, 3.05) is 13.2 Å². The first-order valence-corrected chi connectivity index (χ1v) is 3.72. The van der Waals surface area contributed by atoms with Crippen LogP contribution in [0.3, 0.4) is 0 Å². The number of rotatable bonds is 5. The Kier molecular flexibility index (Phi) is 5.58. The number of hydrogen-bond donors (Lipinski definition) is 2. The average Bonchev–Trinajstić information content (AvgIpc) is 1.89. The summed E-state index contributed by atoms with van der Waals surface area (Å²) in [7, 11) is 0. The molecular weight excluding hydrogens is 130 g/mol. The van der Waals surface area contributed by atoms with Crippen molar-refractivity contribution in [1.82, 2.24) is 0 Å². The highest BCUT2D eigenvalue weighted by atomic mass is 16.5. The Morgan fingerprint density at radius 2 is 2.20 bits per heavy atom. The molecule has 3 heteroatoms. The van der Waals surface area contributed by atoms with Gasteiger partial charge in [-0.3, -0.25) is 0 Å². The summed E-state index contributed by atoms with van der Waals surface area (Å²) in [6.45, 7) is 4.91. The first kappa shape index (κ1) is 9.88. The van der Waals surface area contributed by atoms with Crippen molar-refractivity contribution in [3.8, 4) is 0 Å². The second-order valence-corrected chi connectivity index (χ2v) is 2.31. The summed E-state index contributed by atoms with van der Waals surface area (Å²) >= 11 is 0. The Morgan fingerprint density at radius 1 is 1.60 bits per heavy atom. The van der Waals surface area contributed by atoms with E-state index in [2.05, 4.69) is 0 Å². The summed E-state index contributed by atoms with van der Waals surface area (Å²) in [6.07, 6.45) is 0.111. The third kappa shape index (κ3) is 3.82. The molecule has 0 aliphatic heterocycles. The fourth-order valence-electron chi connectivity index (χ4n) is 0.779. The van der Waals surface area contributed by atoms with Crippen LogP contribution < -0.4 is 5.73 Å². The van der Waals surface area contributed by atoms with E-state index in [1.54, 1.807) is 0 Å². The van der Waals surface area contributed by atoms with Crippen LogP contribution in [-0.4, -0.2) is 30.5 Å². The first-order chi connectivity index (χ1) is 4.72. The van der Waals surface area contributed by atoms with Gasteiger partial charge in [0.05, 0.1) is 12.2 Å². The molecule has 0 aliphatic rings. The van der Waals surface area contributed by atoms with Crippen LogP contribution in [0.25, 0.3) is 0 Å². The van der Waals surface area contributed by atoms with Gasteiger partial charge in [0.1, 0.15) is 0 Å². The van der Waals surface area contributed by atoms with Crippen molar-refractivity contribution in [3.05, 3.63) is 0 Å². The molecule has 0 rings (SSSR count).